The van der Waals surface area contributed by atoms with E-state index in [0.717, 1.165) is 82.4 Å². The van der Waals surface area contributed by atoms with Gasteiger partial charge in [-0.3, -0.25) is 0 Å². The van der Waals surface area contributed by atoms with Crippen LogP contribution in [-0.4, -0.2) is 20.4 Å². The van der Waals surface area contributed by atoms with Crippen molar-refractivity contribution in [2.24, 2.45) is 0 Å². The molecule has 0 unspecified atom stereocenters. The third kappa shape index (κ3) is 9.47. The number of fused-ring (bicyclic) bond motifs is 10. The molecule has 4 N–H and O–H groups in total. The van der Waals surface area contributed by atoms with Crippen LogP contribution < -0.4 is 0 Å². The highest BCUT2D eigenvalue weighted by Gasteiger charge is 2.28. The highest BCUT2D eigenvalue weighted by atomic mass is 79.9. The SMILES string of the molecule is CC(C)(C)c1cc2c(O)c(c1)Cc1cc(C(C)(C)C)cc(c1O)Cc1cc(C(C)(C)C)cc(c1Br)Cc1cc(C(C)(C)C)cc(c1O)Cc1cc(C(C)(C)C)cc(c1O)C2. The van der Waals surface area contributed by atoms with Gasteiger partial charge in [-0.15, -0.1) is 0 Å². The van der Waals surface area contributed by atoms with Crippen LogP contribution >= 0.6 is 15.9 Å². The molecule has 0 heterocycles. The van der Waals surface area contributed by atoms with Crippen LogP contribution in [0.25, 0.3) is 0 Å². The van der Waals surface area contributed by atoms with Gasteiger partial charge in [-0.05, 0) is 111 Å². The summed E-state index contributed by atoms with van der Waals surface area (Å²) in [4.78, 5) is 0. The Kier molecular flexibility index (Phi) is 11.8. The quantitative estimate of drug-likeness (QED) is 0.123. The molecular formula is C55H69BrO4. The molecule has 60 heavy (non-hydrogen) atoms. The molecule has 1 aliphatic rings. The molecule has 0 aliphatic heterocycles. The molecule has 5 aromatic carbocycles. The first-order valence-corrected chi connectivity index (χ1v) is 22.4. The standard InChI is InChI=1S/C55H69BrO4/c1-51(2,3)41-21-31-16-33-23-42(52(4,5)6)25-35(47(33)57)18-37-27-44(54(10,11)12)29-39(49(37)59)20-40-30-45(55(13,14)15)28-38(50(40)60)19-36-26-43(53(7,8)9)24-34(48(36)58)17-32(22-41)46(31)56/h21-30,57-60H,16-20H2,1-15H3. The van der Waals surface area contributed by atoms with Crippen LogP contribution in [0.1, 0.15) is 187 Å². The summed E-state index contributed by atoms with van der Waals surface area (Å²) in [5.74, 6) is 0.808. The van der Waals surface area contributed by atoms with Crippen molar-refractivity contribution in [3.8, 4) is 23.0 Å². The molecule has 320 valence electrons. The van der Waals surface area contributed by atoms with E-state index >= 15 is 0 Å². The first-order chi connectivity index (χ1) is 27.4. The maximum Gasteiger partial charge on any atom is 0.122 e. The molecule has 0 fully saturated rings. The van der Waals surface area contributed by atoms with Gasteiger partial charge in [0.1, 0.15) is 23.0 Å². The molecule has 5 aromatic rings. The summed E-state index contributed by atoms with van der Waals surface area (Å²) in [6, 6.07) is 21.3. The predicted molar refractivity (Wildman–Crippen MR) is 254 cm³/mol. The molecule has 1 aliphatic carbocycles. The molecule has 0 saturated carbocycles. The van der Waals surface area contributed by atoms with Crippen molar-refractivity contribution in [2.75, 3.05) is 0 Å². The number of phenols is 4. The summed E-state index contributed by atoms with van der Waals surface area (Å²) < 4.78 is 0.953. The van der Waals surface area contributed by atoms with Crippen molar-refractivity contribution in [3.63, 3.8) is 0 Å². The summed E-state index contributed by atoms with van der Waals surface area (Å²) in [6.07, 6.45) is 1.96. The first kappa shape index (κ1) is 45.3. The maximum atomic E-state index is 12.3. The van der Waals surface area contributed by atoms with E-state index in [2.05, 4.69) is 180 Å². The average Bonchev–Trinajstić information content (AvgIpc) is 3.09. The van der Waals surface area contributed by atoms with E-state index in [0.29, 0.717) is 32.1 Å². The maximum absolute atomic E-state index is 12.3. The van der Waals surface area contributed by atoms with E-state index in [-0.39, 0.29) is 50.1 Å². The first-order valence-electron chi connectivity index (χ1n) is 21.6. The monoisotopic (exact) mass is 872 g/mol. The fourth-order valence-corrected chi connectivity index (χ4v) is 8.83. The van der Waals surface area contributed by atoms with Crippen LogP contribution in [0.3, 0.4) is 0 Å². The lowest BCUT2D eigenvalue weighted by molar-refractivity contribution is 0.451. The molecule has 0 spiro atoms. The Labute approximate surface area is 369 Å². The zero-order valence-corrected chi connectivity index (χ0v) is 40.6. The number of hydrogen-bond acceptors (Lipinski definition) is 4. The van der Waals surface area contributed by atoms with Gasteiger partial charge in [-0.2, -0.15) is 0 Å². The Hall–Kier alpha value is -4.22. The molecular weight excluding hydrogens is 805 g/mol. The summed E-state index contributed by atoms with van der Waals surface area (Å²) in [5, 5.41) is 49.2. The van der Waals surface area contributed by atoms with Crippen molar-refractivity contribution in [3.05, 3.63) is 149 Å². The number of halogens is 1. The van der Waals surface area contributed by atoms with E-state index in [1.165, 1.54) is 5.56 Å². The van der Waals surface area contributed by atoms with E-state index in [4.69, 9.17) is 0 Å². The van der Waals surface area contributed by atoms with Crippen LogP contribution in [0.2, 0.25) is 0 Å². The van der Waals surface area contributed by atoms with E-state index in [1.807, 2.05) is 0 Å². The average molecular weight is 874 g/mol. The fourth-order valence-electron chi connectivity index (χ4n) is 8.32. The molecule has 0 saturated heterocycles. The number of aromatic hydroxyl groups is 4. The second-order valence-corrected chi connectivity index (χ2v) is 23.6. The minimum Gasteiger partial charge on any atom is -0.507 e. The number of phenolic OH excluding ortho intramolecular Hbond substituents is 4. The van der Waals surface area contributed by atoms with Crippen molar-refractivity contribution < 1.29 is 20.4 Å². The van der Waals surface area contributed by atoms with E-state index in [9.17, 15) is 20.4 Å². The van der Waals surface area contributed by atoms with Gasteiger partial charge in [-0.25, -0.2) is 0 Å². The Bertz CT molecular complexity index is 1950. The van der Waals surface area contributed by atoms with Crippen LogP contribution in [-0.2, 0) is 59.2 Å². The topological polar surface area (TPSA) is 80.9 Å². The highest BCUT2D eigenvalue weighted by molar-refractivity contribution is 9.10. The fraction of sp³-hybridized carbons (Fsp3) is 0.455. The lowest BCUT2D eigenvalue weighted by atomic mass is 9.79. The van der Waals surface area contributed by atoms with E-state index in [1.54, 1.807) is 0 Å². The lowest BCUT2D eigenvalue weighted by Crippen LogP contribution is -2.15. The van der Waals surface area contributed by atoms with Gasteiger partial charge in [0.25, 0.3) is 0 Å². The second-order valence-electron chi connectivity index (χ2n) is 22.8. The van der Waals surface area contributed by atoms with E-state index < -0.39 is 0 Å². The van der Waals surface area contributed by atoms with Gasteiger partial charge >= 0.3 is 0 Å². The predicted octanol–water partition coefficient (Wildman–Crippen LogP) is 14.0. The number of hydrogen-bond donors (Lipinski definition) is 4. The third-order valence-corrected chi connectivity index (χ3v) is 13.5. The van der Waals surface area contributed by atoms with Gasteiger partial charge < -0.3 is 20.4 Å². The zero-order valence-electron chi connectivity index (χ0n) is 39.0. The van der Waals surface area contributed by atoms with Crippen LogP contribution in [0.5, 0.6) is 23.0 Å². The van der Waals surface area contributed by atoms with Gasteiger partial charge in [0, 0.05) is 36.6 Å². The Morgan fingerprint density at radius 1 is 0.283 bits per heavy atom. The zero-order chi connectivity index (χ0) is 44.7. The van der Waals surface area contributed by atoms with Crippen LogP contribution in [0, 0.1) is 0 Å². The summed E-state index contributed by atoms with van der Waals surface area (Å²) in [5.41, 5.74) is 12.7. The summed E-state index contributed by atoms with van der Waals surface area (Å²) >= 11 is 4.06. The largest absolute Gasteiger partial charge is 0.507 e. The number of rotatable bonds is 0. The number of benzene rings is 5. The molecule has 0 aromatic heterocycles. The van der Waals surface area contributed by atoms with Gasteiger partial charge in [0.15, 0.2) is 0 Å². The second kappa shape index (κ2) is 15.6. The van der Waals surface area contributed by atoms with Crippen LogP contribution in [0.15, 0.2) is 65.1 Å². The van der Waals surface area contributed by atoms with Crippen molar-refractivity contribution in [1.82, 2.24) is 0 Å². The summed E-state index contributed by atoms with van der Waals surface area (Å²) in [6.45, 7) is 32.9. The van der Waals surface area contributed by atoms with Crippen molar-refractivity contribution in [1.29, 1.82) is 0 Å². The smallest absolute Gasteiger partial charge is 0.122 e. The Balaban J connectivity index is 1.74. The van der Waals surface area contributed by atoms with Crippen LogP contribution in [0.4, 0.5) is 0 Å². The van der Waals surface area contributed by atoms with Gasteiger partial charge in [0.05, 0.1) is 0 Å². The third-order valence-electron chi connectivity index (χ3n) is 12.5. The highest BCUT2D eigenvalue weighted by Crippen LogP contribution is 2.43. The lowest BCUT2D eigenvalue weighted by Gasteiger charge is -2.27. The molecule has 0 amide bonds. The molecule has 4 nitrogen and oxygen atoms in total. The van der Waals surface area contributed by atoms with Gasteiger partial charge in [-0.1, -0.05) is 180 Å². The van der Waals surface area contributed by atoms with Crippen molar-refractivity contribution in [2.45, 2.75) is 163 Å². The molecule has 6 rings (SSSR count). The Morgan fingerprint density at radius 2 is 0.417 bits per heavy atom. The normalized spacial score (nSPS) is 14.3. The molecule has 0 radical (unpaired) electrons. The molecule has 0 atom stereocenters. The summed E-state index contributed by atoms with van der Waals surface area (Å²) in [7, 11) is 0. The Morgan fingerprint density at radius 3 is 0.567 bits per heavy atom. The minimum absolute atomic E-state index is 0.167. The minimum atomic E-state index is -0.235. The molecule has 5 heteroatoms. The molecule has 10 bridgehead atoms. The van der Waals surface area contributed by atoms with Gasteiger partial charge in [0.2, 0.25) is 0 Å². The van der Waals surface area contributed by atoms with Crippen molar-refractivity contribution >= 4 is 15.9 Å².